The Bertz CT molecular complexity index is 1790. The van der Waals surface area contributed by atoms with Crippen LogP contribution in [0.15, 0.2) is 39.5 Å². The monoisotopic (exact) mass is 784 g/mol. The summed E-state index contributed by atoms with van der Waals surface area (Å²) in [6.07, 6.45) is -19.0. The molecule has 2 aromatic carbocycles. The third-order valence-electron chi connectivity index (χ3n) is 8.70. The Kier molecular flexibility index (Phi) is 13.8. The van der Waals surface area contributed by atoms with Crippen molar-refractivity contribution < 1.29 is 88.6 Å². The zero-order valence-electron chi connectivity index (χ0n) is 30.4. The molecule has 3 unspecified atom stereocenters. The molecule has 3 heterocycles. The Morgan fingerprint density at radius 2 is 1.31 bits per heavy atom. The first-order valence-corrected chi connectivity index (χ1v) is 17.5. The molecule has 19 heteroatoms. The zero-order valence-corrected chi connectivity index (χ0v) is 30.4. The molecule has 2 saturated heterocycles. The van der Waals surface area contributed by atoms with E-state index in [9.17, 15) is 55.9 Å². The first-order chi connectivity index (χ1) is 26.0. The standard InChI is InChI=1S/C36H48O19/c1-14(37)10-48-19-8-20(40)25-23(9-19)53-33(18-5-6-21(49-11-15(2)38)22(7-18)50-12-16(3)39)34(28(25)43)55-36-32(47)30(45)27(42)24(54-36)13-51-35-31(46)29(44)26(41)17(4)52-35/h5-9,14-17,24,26-27,29-32,35-42,44-47H,10-13H2,1-4H3/t14?,15?,16?,17-,24+,26-,27+,29+,30-,31+,32+,35+,36-/m0/s1. The predicted molar refractivity (Wildman–Crippen MR) is 187 cm³/mol. The first-order valence-electron chi connectivity index (χ1n) is 17.5. The average molecular weight is 785 g/mol. The van der Waals surface area contributed by atoms with E-state index >= 15 is 0 Å². The Balaban J connectivity index is 1.55. The molecule has 0 spiro atoms. The van der Waals surface area contributed by atoms with Gasteiger partial charge in [0.05, 0.1) is 31.0 Å². The third kappa shape index (κ3) is 9.77. The number of phenols is 1. The summed E-state index contributed by atoms with van der Waals surface area (Å²) in [6, 6.07) is 6.64. The van der Waals surface area contributed by atoms with Crippen molar-refractivity contribution in [3.05, 3.63) is 40.6 Å². The van der Waals surface area contributed by atoms with E-state index in [0.717, 1.165) is 6.07 Å². The molecule has 1 aromatic heterocycles. The number of rotatable bonds is 15. The Morgan fingerprint density at radius 1 is 0.709 bits per heavy atom. The van der Waals surface area contributed by atoms with Crippen molar-refractivity contribution in [2.75, 3.05) is 26.4 Å². The number of aromatic hydroxyl groups is 1. The molecule has 3 aromatic rings. The maximum absolute atomic E-state index is 14.2. The molecule has 2 aliphatic heterocycles. The summed E-state index contributed by atoms with van der Waals surface area (Å²) >= 11 is 0. The third-order valence-corrected chi connectivity index (χ3v) is 8.70. The van der Waals surface area contributed by atoms with Crippen molar-refractivity contribution in [3.63, 3.8) is 0 Å². The molecule has 0 aliphatic carbocycles. The highest BCUT2D eigenvalue weighted by Gasteiger charge is 2.48. The molecule has 0 saturated carbocycles. The van der Waals surface area contributed by atoms with Crippen LogP contribution in [0.25, 0.3) is 22.3 Å². The van der Waals surface area contributed by atoms with Crippen LogP contribution in [0.2, 0.25) is 0 Å². The van der Waals surface area contributed by atoms with Crippen LogP contribution in [-0.4, -0.2) is 157 Å². The lowest BCUT2D eigenvalue weighted by Gasteiger charge is -2.42. The van der Waals surface area contributed by atoms with Crippen molar-refractivity contribution in [3.8, 4) is 40.1 Å². The summed E-state index contributed by atoms with van der Waals surface area (Å²) in [5, 5.41) is 103. The fourth-order valence-corrected chi connectivity index (χ4v) is 5.77. The van der Waals surface area contributed by atoms with Gasteiger partial charge in [0.25, 0.3) is 0 Å². The van der Waals surface area contributed by atoms with E-state index in [4.69, 9.17) is 37.6 Å². The van der Waals surface area contributed by atoms with Crippen molar-refractivity contribution in [1.82, 2.24) is 0 Å². The van der Waals surface area contributed by atoms with Crippen molar-refractivity contribution in [2.45, 2.75) is 107 Å². The molecule has 19 nitrogen and oxygen atoms in total. The number of fused-ring (bicyclic) bond motifs is 1. The second-order valence-electron chi connectivity index (χ2n) is 13.7. The summed E-state index contributed by atoms with van der Waals surface area (Å²) in [5.74, 6) is -1.34. The van der Waals surface area contributed by atoms with E-state index in [-0.39, 0.29) is 54.0 Å². The Labute approximate surface area is 314 Å². The fourth-order valence-electron chi connectivity index (χ4n) is 5.77. The van der Waals surface area contributed by atoms with Gasteiger partial charge >= 0.3 is 0 Å². The molecular weight excluding hydrogens is 736 g/mol. The topological polar surface area (TPSA) is 297 Å². The normalized spacial score (nSPS) is 30.1. The van der Waals surface area contributed by atoms with E-state index in [1.54, 1.807) is 0 Å². The van der Waals surface area contributed by atoms with Gasteiger partial charge in [-0.15, -0.1) is 0 Å². The van der Waals surface area contributed by atoms with Gasteiger partial charge in [0.1, 0.15) is 85.0 Å². The number of ether oxygens (including phenoxy) is 7. The van der Waals surface area contributed by atoms with Crippen molar-refractivity contribution >= 4 is 11.0 Å². The fraction of sp³-hybridized carbons (Fsp3) is 0.583. The van der Waals surface area contributed by atoms with Crippen LogP contribution >= 0.6 is 0 Å². The van der Waals surface area contributed by atoms with Gasteiger partial charge in [-0.1, -0.05) is 0 Å². The van der Waals surface area contributed by atoms with Gasteiger partial charge in [-0.05, 0) is 45.9 Å². The molecule has 55 heavy (non-hydrogen) atoms. The lowest BCUT2D eigenvalue weighted by molar-refractivity contribution is -0.318. The van der Waals surface area contributed by atoms with Gasteiger partial charge in [0.2, 0.25) is 17.5 Å². The minimum atomic E-state index is -1.99. The maximum Gasteiger partial charge on any atom is 0.239 e. The number of hydrogen-bond acceptors (Lipinski definition) is 19. The highest BCUT2D eigenvalue weighted by Crippen LogP contribution is 2.40. The molecule has 2 fully saturated rings. The van der Waals surface area contributed by atoms with Crippen LogP contribution in [0.3, 0.4) is 0 Å². The molecular formula is C36H48O19. The van der Waals surface area contributed by atoms with Crippen LogP contribution in [0.1, 0.15) is 27.7 Å². The summed E-state index contributed by atoms with van der Waals surface area (Å²) in [5.41, 5.74) is -1.09. The van der Waals surface area contributed by atoms with Gasteiger partial charge in [0, 0.05) is 17.7 Å². The molecule has 10 N–H and O–H groups in total. The number of aliphatic hydroxyl groups is 9. The predicted octanol–water partition coefficient (Wildman–Crippen LogP) is -1.53. The number of aliphatic hydroxyl groups excluding tert-OH is 9. The number of phenolic OH excluding ortho intramolecular Hbond substituents is 1. The van der Waals surface area contributed by atoms with Crippen molar-refractivity contribution in [2.24, 2.45) is 0 Å². The van der Waals surface area contributed by atoms with Gasteiger partial charge in [-0.25, -0.2) is 0 Å². The Hall–Kier alpha value is -3.83. The van der Waals surface area contributed by atoms with E-state index in [0.29, 0.717) is 0 Å². The average Bonchev–Trinajstić information content (AvgIpc) is 3.13. The molecule has 0 radical (unpaired) electrons. The molecule has 2 aliphatic rings. The van der Waals surface area contributed by atoms with Gasteiger partial charge < -0.3 is 88.6 Å². The highest BCUT2D eigenvalue weighted by atomic mass is 16.7. The van der Waals surface area contributed by atoms with E-state index in [2.05, 4.69) is 0 Å². The highest BCUT2D eigenvalue weighted by molar-refractivity contribution is 5.88. The van der Waals surface area contributed by atoms with Crippen LogP contribution in [0, 0.1) is 0 Å². The zero-order chi connectivity index (χ0) is 40.3. The summed E-state index contributed by atoms with van der Waals surface area (Å²) in [6.45, 7) is 4.80. The van der Waals surface area contributed by atoms with Crippen LogP contribution in [0.4, 0.5) is 0 Å². The van der Waals surface area contributed by atoms with Gasteiger partial charge in [0.15, 0.2) is 23.5 Å². The van der Waals surface area contributed by atoms with E-state index < -0.39 is 109 Å². The molecule has 306 valence electrons. The summed E-state index contributed by atoms with van der Waals surface area (Å²) in [7, 11) is 0. The van der Waals surface area contributed by atoms with Crippen LogP contribution < -0.4 is 24.4 Å². The molecule has 13 atom stereocenters. The van der Waals surface area contributed by atoms with E-state index in [1.807, 2.05) is 0 Å². The minimum absolute atomic E-state index is 0.0333. The lowest BCUT2D eigenvalue weighted by atomic mass is 9.98. The number of benzene rings is 2. The maximum atomic E-state index is 14.2. The van der Waals surface area contributed by atoms with Crippen LogP contribution in [0.5, 0.6) is 28.7 Å². The van der Waals surface area contributed by atoms with Crippen molar-refractivity contribution in [1.29, 1.82) is 0 Å². The quantitative estimate of drug-likeness (QED) is 0.0837. The first kappa shape index (κ1) is 42.3. The molecule has 0 amide bonds. The minimum Gasteiger partial charge on any atom is -0.507 e. The largest absolute Gasteiger partial charge is 0.507 e. The Morgan fingerprint density at radius 3 is 1.96 bits per heavy atom. The summed E-state index contributed by atoms with van der Waals surface area (Å²) in [4.78, 5) is 14.2. The van der Waals surface area contributed by atoms with Crippen LogP contribution in [-0.2, 0) is 14.2 Å². The SMILES string of the molecule is CC(O)COc1cc(O)c2c(=O)c(O[C@@H]3O[C@H](CO[C@@H]4O[C@@H](C)[C@H](O)[C@@H](O)[C@H]4O)[C@@H](O)[C@H](O)[C@H]3O)c(-c3ccc(OCC(C)O)c(OCC(C)O)c3)oc2c1. The van der Waals surface area contributed by atoms with E-state index in [1.165, 1.54) is 52.0 Å². The smallest absolute Gasteiger partial charge is 0.239 e. The van der Waals surface area contributed by atoms with Gasteiger partial charge in [-0.2, -0.15) is 0 Å². The second-order valence-corrected chi connectivity index (χ2v) is 13.7. The lowest BCUT2D eigenvalue weighted by Crippen LogP contribution is -2.61. The van der Waals surface area contributed by atoms with Gasteiger partial charge in [-0.3, -0.25) is 4.79 Å². The molecule has 5 rings (SSSR count). The summed E-state index contributed by atoms with van der Waals surface area (Å²) < 4.78 is 45.7. The molecule has 0 bridgehead atoms. The number of hydrogen-bond donors (Lipinski definition) is 10. The second kappa shape index (κ2) is 18.0.